The molecule has 1 heterocycles. The van der Waals surface area contributed by atoms with Gasteiger partial charge in [0.1, 0.15) is 0 Å². The maximum absolute atomic E-state index is 12.4. The number of aromatic nitrogens is 1. The van der Waals surface area contributed by atoms with Crippen LogP contribution in [0.15, 0.2) is 6.07 Å². The van der Waals surface area contributed by atoms with Gasteiger partial charge in [-0.3, -0.25) is 4.79 Å². The van der Waals surface area contributed by atoms with E-state index in [1.807, 2.05) is 26.8 Å². The van der Waals surface area contributed by atoms with E-state index in [0.717, 1.165) is 42.2 Å². The first-order chi connectivity index (χ1) is 12.9. The van der Waals surface area contributed by atoms with E-state index in [4.69, 9.17) is 4.74 Å². The number of carbonyl (C=O) groups is 2. The van der Waals surface area contributed by atoms with Crippen molar-refractivity contribution >= 4 is 11.9 Å². The molecule has 4 aliphatic rings. The van der Waals surface area contributed by atoms with Gasteiger partial charge in [-0.05, 0) is 88.5 Å². The number of ether oxygens (including phenoxy) is 1. The molecule has 148 valence electrons. The van der Waals surface area contributed by atoms with Crippen molar-refractivity contribution in [1.29, 1.82) is 0 Å². The van der Waals surface area contributed by atoms with Gasteiger partial charge in [0.25, 0.3) is 5.91 Å². The molecule has 1 N–H and O–H groups in total. The fourth-order valence-electron chi connectivity index (χ4n) is 6.55. The molecular formula is C22H32N2O3. The third-order valence-electron chi connectivity index (χ3n) is 7.27. The number of nitrogens with zero attached hydrogens (tertiary/aromatic N) is 1. The van der Waals surface area contributed by atoms with Crippen LogP contribution in [0.2, 0.25) is 0 Å². The van der Waals surface area contributed by atoms with E-state index < -0.39 is 5.97 Å². The summed E-state index contributed by atoms with van der Waals surface area (Å²) in [7, 11) is 0. The molecule has 0 unspecified atom stereocenters. The predicted molar refractivity (Wildman–Crippen MR) is 103 cm³/mol. The van der Waals surface area contributed by atoms with E-state index in [0.29, 0.717) is 11.0 Å². The van der Waals surface area contributed by atoms with Crippen molar-refractivity contribution in [3.05, 3.63) is 23.0 Å². The van der Waals surface area contributed by atoms with Gasteiger partial charge in [-0.15, -0.1) is 0 Å². The summed E-state index contributed by atoms with van der Waals surface area (Å²) in [5.41, 5.74) is 2.80. The molecule has 4 aliphatic carbocycles. The van der Waals surface area contributed by atoms with Crippen molar-refractivity contribution in [3.8, 4) is 0 Å². The van der Waals surface area contributed by atoms with E-state index in [9.17, 15) is 9.59 Å². The molecule has 5 nitrogen and oxygen atoms in total. The molecular weight excluding hydrogens is 340 g/mol. The Morgan fingerprint density at radius 1 is 1.15 bits per heavy atom. The average Bonchev–Trinajstić information content (AvgIpc) is 2.90. The zero-order chi connectivity index (χ0) is 19.2. The van der Waals surface area contributed by atoms with Crippen molar-refractivity contribution in [2.45, 2.75) is 65.8 Å². The van der Waals surface area contributed by atoms with Crippen LogP contribution in [0, 0.1) is 37.0 Å². The lowest BCUT2D eigenvalue weighted by molar-refractivity contribution is -0.126. The van der Waals surface area contributed by atoms with Crippen molar-refractivity contribution in [2.75, 3.05) is 13.2 Å². The van der Waals surface area contributed by atoms with Crippen LogP contribution in [0.5, 0.6) is 0 Å². The molecule has 27 heavy (non-hydrogen) atoms. The Kier molecular flexibility index (Phi) is 4.81. The number of esters is 1. The van der Waals surface area contributed by atoms with Crippen LogP contribution >= 0.6 is 0 Å². The highest BCUT2D eigenvalue weighted by molar-refractivity contribution is 5.92. The maximum atomic E-state index is 12.4. The summed E-state index contributed by atoms with van der Waals surface area (Å²) in [5.74, 6) is 2.04. The van der Waals surface area contributed by atoms with E-state index in [-0.39, 0.29) is 12.5 Å². The monoisotopic (exact) mass is 372 g/mol. The molecule has 0 radical (unpaired) electrons. The molecule has 0 aromatic carbocycles. The lowest BCUT2D eigenvalue weighted by Crippen LogP contribution is -2.51. The van der Waals surface area contributed by atoms with Crippen LogP contribution in [0.25, 0.3) is 0 Å². The first kappa shape index (κ1) is 18.6. The molecule has 5 heteroatoms. The van der Waals surface area contributed by atoms with Gasteiger partial charge in [-0.25, -0.2) is 4.79 Å². The Morgan fingerprint density at radius 2 is 1.74 bits per heavy atom. The summed E-state index contributed by atoms with van der Waals surface area (Å²) in [6, 6.07) is 1.84. The van der Waals surface area contributed by atoms with E-state index >= 15 is 0 Å². The number of hydrogen-bond acceptors (Lipinski definition) is 3. The molecule has 4 bridgehead atoms. The van der Waals surface area contributed by atoms with Gasteiger partial charge in [-0.1, -0.05) is 0 Å². The van der Waals surface area contributed by atoms with Gasteiger partial charge >= 0.3 is 5.97 Å². The summed E-state index contributed by atoms with van der Waals surface area (Å²) in [6.07, 6.45) is 8.01. The molecule has 1 aromatic heterocycles. The lowest BCUT2D eigenvalue weighted by Gasteiger charge is -2.56. The zero-order valence-corrected chi connectivity index (χ0v) is 16.8. The second-order valence-electron chi connectivity index (χ2n) is 9.30. The standard InChI is InChI=1S/C22H32N2O3/c1-4-24-14(2)5-19(15(24)3)21(26)27-12-20(25)23-13-22-9-16-6-17(10-22)8-18(7-16)11-22/h5,16-18H,4,6-13H2,1-3H3,(H,23,25). The van der Waals surface area contributed by atoms with E-state index in [1.165, 1.54) is 38.5 Å². The van der Waals surface area contributed by atoms with Crippen LogP contribution in [0.3, 0.4) is 0 Å². The largest absolute Gasteiger partial charge is 0.452 e. The highest BCUT2D eigenvalue weighted by atomic mass is 16.5. The second kappa shape index (κ2) is 6.99. The number of nitrogens with one attached hydrogen (secondary N) is 1. The summed E-state index contributed by atoms with van der Waals surface area (Å²) in [6.45, 7) is 7.31. The van der Waals surface area contributed by atoms with Crippen LogP contribution in [0.1, 0.15) is 67.2 Å². The van der Waals surface area contributed by atoms with Gasteiger partial charge in [0.2, 0.25) is 0 Å². The Labute approximate surface area is 161 Å². The van der Waals surface area contributed by atoms with Gasteiger partial charge < -0.3 is 14.6 Å². The van der Waals surface area contributed by atoms with Crippen molar-refractivity contribution in [1.82, 2.24) is 9.88 Å². The molecule has 0 spiro atoms. The molecule has 4 fully saturated rings. The minimum atomic E-state index is -0.409. The second-order valence-corrected chi connectivity index (χ2v) is 9.30. The molecule has 0 saturated heterocycles. The number of rotatable bonds is 6. The third kappa shape index (κ3) is 3.53. The number of hydrogen-bond donors (Lipinski definition) is 1. The van der Waals surface area contributed by atoms with E-state index in [1.54, 1.807) is 0 Å². The highest BCUT2D eigenvalue weighted by Gasteiger charge is 2.50. The highest BCUT2D eigenvalue weighted by Crippen LogP contribution is 2.59. The molecule has 0 aliphatic heterocycles. The Balaban J connectivity index is 1.28. The third-order valence-corrected chi connectivity index (χ3v) is 7.27. The van der Waals surface area contributed by atoms with E-state index in [2.05, 4.69) is 9.88 Å². The Hall–Kier alpha value is -1.78. The molecule has 1 aromatic rings. The van der Waals surface area contributed by atoms with Gasteiger partial charge in [0.05, 0.1) is 5.56 Å². The minimum absolute atomic E-state index is 0.177. The molecule has 1 amide bonds. The van der Waals surface area contributed by atoms with Gasteiger partial charge in [0, 0.05) is 24.5 Å². The summed E-state index contributed by atoms with van der Waals surface area (Å²) >= 11 is 0. The predicted octanol–water partition coefficient (Wildman–Crippen LogP) is 3.61. The van der Waals surface area contributed by atoms with Crippen LogP contribution in [0.4, 0.5) is 0 Å². The summed E-state index contributed by atoms with van der Waals surface area (Å²) < 4.78 is 7.36. The van der Waals surface area contributed by atoms with Crippen LogP contribution in [-0.2, 0) is 16.1 Å². The minimum Gasteiger partial charge on any atom is -0.452 e. The Bertz CT molecular complexity index is 714. The fraction of sp³-hybridized carbons (Fsp3) is 0.727. The van der Waals surface area contributed by atoms with Crippen molar-refractivity contribution in [3.63, 3.8) is 0 Å². The maximum Gasteiger partial charge on any atom is 0.340 e. The molecule has 4 saturated carbocycles. The average molecular weight is 373 g/mol. The summed E-state index contributed by atoms with van der Waals surface area (Å²) in [4.78, 5) is 24.7. The number of carbonyl (C=O) groups excluding carboxylic acids is 2. The molecule has 0 atom stereocenters. The fourth-order valence-corrected chi connectivity index (χ4v) is 6.55. The first-order valence-electron chi connectivity index (χ1n) is 10.5. The number of amides is 1. The molecule has 5 rings (SSSR count). The Morgan fingerprint density at radius 3 is 2.26 bits per heavy atom. The van der Waals surface area contributed by atoms with Crippen LogP contribution < -0.4 is 5.32 Å². The lowest BCUT2D eigenvalue weighted by atomic mass is 9.49. The summed E-state index contributed by atoms with van der Waals surface area (Å²) in [5, 5.41) is 3.07. The number of aryl methyl sites for hydroxylation is 1. The van der Waals surface area contributed by atoms with Gasteiger partial charge in [0.15, 0.2) is 6.61 Å². The SMILES string of the molecule is CCn1c(C)cc(C(=O)OCC(=O)NCC23CC4CC(CC(C4)C2)C3)c1C. The van der Waals surface area contributed by atoms with Crippen molar-refractivity contribution in [2.24, 2.45) is 23.2 Å². The normalized spacial score (nSPS) is 31.1. The van der Waals surface area contributed by atoms with Crippen molar-refractivity contribution < 1.29 is 14.3 Å². The first-order valence-corrected chi connectivity index (χ1v) is 10.5. The quantitative estimate of drug-likeness (QED) is 0.776. The smallest absolute Gasteiger partial charge is 0.340 e. The zero-order valence-electron chi connectivity index (χ0n) is 16.8. The topological polar surface area (TPSA) is 60.3 Å². The van der Waals surface area contributed by atoms with Crippen LogP contribution in [-0.4, -0.2) is 29.6 Å². The van der Waals surface area contributed by atoms with Gasteiger partial charge in [-0.2, -0.15) is 0 Å².